The van der Waals surface area contributed by atoms with Crippen molar-refractivity contribution in [3.63, 3.8) is 0 Å². The Kier molecular flexibility index (Phi) is 6.36. The van der Waals surface area contributed by atoms with Crippen LogP contribution < -0.4 is 0 Å². The van der Waals surface area contributed by atoms with E-state index in [1.165, 1.54) is 101 Å². The first-order chi connectivity index (χ1) is 25.3. The van der Waals surface area contributed by atoms with Gasteiger partial charge < -0.3 is 4.57 Å². The molecule has 238 valence electrons. The second-order valence-electron chi connectivity index (χ2n) is 13.3. The van der Waals surface area contributed by atoms with Crippen LogP contribution in [0.1, 0.15) is 0 Å². The summed E-state index contributed by atoms with van der Waals surface area (Å²) in [6, 6.07) is 64.8. The molecule has 0 saturated heterocycles. The molecule has 0 radical (unpaired) electrons. The summed E-state index contributed by atoms with van der Waals surface area (Å²) in [4.78, 5) is 0. The molecular weight excluding hydrogens is 655 g/mol. The molecular formula is C48H29NS2. The lowest BCUT2D eigenvalue weighted by Crippen LogP contribution is -1.95. The van der Waals surface area contributed by atoms with Crippen molar-refractivity contribution in [1.29, 1.82) is 0 Å². The number of benzene rings is 8. The fraction of sp³-hybridized carbons (Fsp3) is 0. The maximum absolute atomic E-state index is 2.52. The lowest BCUT2D eigenvalue weighted by Gasteiger charge is -2.12. The molecule has 0 unspecified atom stereocenters. The Bertz CT molecular complexity index is 3030. The summed E-state index contributed by atoms with van der Waals surface area (Å²) in [5.74, 6) is 0. The predicted octanol–water partition coefficient (Wildman–Crippen LogP) is 14.5. The third-order valence-electron chi connectivity index (χ3n) is 10.4. The minimum atomic E-state index is 1.21. The summed E-state index contributed by atoms with van der Waals surface area (Å²) in [6.45, 7) is 0. The molecule has 11 rings (SSSR count). The number of nitrogens with zero attached hydrogens (tertiary/aromatic N) is 1. The number of rotatable bonds is 4. The number of aromatic nitrogens is 1. The average molecular weight is 684 g/mol. The molecule has 0 aliphatic rings. The van der Waals surface area contributed by atoms with Crippen LogP contribution in [-0.4, -0.2) is 4.57 Å². The Morgan fingerprint density at radius 1 is 0.333 bits per heavy atom. The van der Waals surface area contributed by atoms with Crippen molar-refractivity contribution in [2.75, 3.05) is 0 Å². The van der Waals surface area contributed by atoms with Crippen molar-refractivity contribution in [2.24, 2.45) is 0 Å². The van der Waals surface area contributed by atoms with Gasteiger partial charge in [0.2, 0.25) is 0 Å². The van der Waals surface area contributed by atoms with Crippen molar-refractivity contribution in [2.45, 2.75) is 0 Å². The quantitative estimate of drug-likeness (QED) is 0.174. The van der Waals surface area contributed by atoms with Gasteiger partial charge >= 0.3 is 0 Å². The van der Waals surface area contributed by atoms with Gasteiger partial charge in [0.05, 0.1) is 16.7 Å². The van der Waals surface area contributed by atoms with Crippen molar-refractivity contribution >= 4 is 84.8 Å². The maximum Gasteiger partial charge on any atom is 0.0555 e. The van der Waals surface area contributed by atoms with E-state index in [0.717, 1.165) is 0 Å². The molecule has 0 fully saturated rings. The monoisotopic (exact) mass is 683 g/mol. The van der Waals surface area contributed by atoms with Gasteiger partial charge in [-0.2, -0.15) is 0 Å². The summed E-state index contributed by atoms with van der Waals surface area (Å²) < 4.78 is 7.82. The van der Waals surface area contributed by atoms with Crippen molar-refractivity contribution in [3.05, 3.63) is 176 Å². The van der Waals surface area contributed by atoms with E-state index < -0.39 is 0 Å². The molecule has 3 heteroatoms. The van der Waals surface area contributed by atoms with Crippen LogP contribution in [0.3, 0.4) is 0 Å². The summed E-state index contributed by atoms with van der Waals surface area (Å²) in [7, 11) is 0. The average Bonchev–Trinajstić information content (AvgIpc) is 3.87. The predicted molar refractivity (Wildman–Crippen MR) is 223 cm³/mol. The van der Waals surface area contributed by atoms with Gasteiger partial charge in [-0.05, 0) is 69.8 Å². The number of hydrogen-bond acceptors (Lipinski definition) is 2. The van der Waals surface area contributed by atoms with Gasteiger partial charge in [-0.15, -0.1) is 22.7 Å². The zero-order valence-corrected chi connectivity index (χ0v) is 29.1. The molecule has 8 aromatic carbocycles. The molecule has 0 spiro atoms. The minimum Gasteiger partial charge on any atom is -0.309 e. The third kappa shape index (κ3) is 4.45. The van der Waals surface area contributed by atoms with E-state index in [-0.39, 0.29) is 0 Å². The standard InChI is InChI=1S/C48H29NS2/c1-3-11-30(12-4-1)32-21-24-36-37-25-22-33(31-13-5-2-6-14-31)28-43(37)49(42(36)27-32)41-18-10-20-45-47(41)40-17-9-16-35(48(40)51-45)34-23-26-39-38-15-7-8-19-44(38)50-46(39)29-34/h1-29H. The molecule has 0 aliphatic carbocycles. The highest BCUT2D eigenvalue weighted by Crippen LogP contribution is 2.46. The smallest absolute Gasteiger partial charge is 0.0555 e. The number of fused-ring (bicyclic) bond motifs is 9. The van der Waals surface area contributed by atoms with Crippen molar-refractivity contribution in [3.8, 4) is 39.1 Å². The lowest BCUT2D eigenvalue weighted by atomic mass is 10.0. The minimum absolute atomic E-state index is 1.21. The topological polar surface area (TPSA) is 4.93 Å². The molecule has 51 heavy (non-hydrogen) atoms. The summed E-state index contributed by atoms with van der Waals surface area (Å²) in [5, 5.41) is 7.80. The van der Waals surface area contributed by atoms with E-state index in [2.05, 4.69) is 180 Å². The van der Waals surface area contributed by atoms with E-state index >= 15 is 0 Å². The summed E-state index contributed by atoms with van der Waals surface area (Å²) in [6.07, 6.45) is 0. The molecule has 0 aliphatic heterocycles. The molecule has 0 bridgehead atoms. The first kappa shape index (κ1) is 28.8. The Hall–Kier alpha value is -6.00. The fourth-order valence-electron chi connectivity index (χ4n) is 8.03. The van der Waals surface area contributed by atoms with Crippen LogP contribution >= 0.6 is 22.7 Å². The zero-order valence-electron chi connectivity index (χ0n) is 27.5. The van der Waals surface area contributed by atoms with Gasteiger partial charge in [-0.1, -0.05) is 140 Å². The molecule has 3 aromatic heterocycles. The summed E-state index contributed by atoms with van der Waals surface area (Å²) in [5.41, 5.74) is 11.1. The Labute approximate surface area is 302 Å². The normalized spacial score (nSPS) is 11.9. The number of thiophene rings is 2. The van der Waals surface area contributed by atoms with E-state index in [1.54, 1.807) is 0 Å². The highest BCUT2D eigenvalue weighted by molar-refractivity contribution is 7.26. The van der Waals surface area contributed by atoms with Crippen LogP contribution in [0.5, 0.6) is 0 Å². The third-order valence-corrected chi connectivity index (χ3v) is 12.8. The van der Waals surface area contributed by atoms with Crippen LogP contribution in [-0.2, 0) is 0 Å². The SMILES string of the molecule is c1ccc(-c2ccc3c4ccc(-c5ccccc5)cc4n(-c4cccc5sc6c(-c7ccc8c(c7)sc7ccccc78)cccc6c45)c3c2)cc1. The Morgan fingerprint density at radius 2 is 0.902 bits per heavy atom. The van der Waals surface area contributed by atoms with Gasteiger partial charge in [0.1, 0.15) is 0 Å². The molecule has 1 nitrogen and oxygen atoms in total. The highest BCUT2D eigenvalue weighted by atomic mass is 32.1. The van der Waals surface area contributed by atoms with Crippen LogP contribution in [0.15, 0.2) is 176 Å². The van der Waals surface area contributed by atoms with E-state index in [4.69, 9.17) is 0 Å². The number of hydrogen-bond donors (Lipinski definition) is 0. The van der Waals surface area contributed by atoms with Crippen LogP contribution in [0, 0.1) is 0 Å². The van der Waals surface area contributed by atoms with Gasteiger partial charge in [0.15, 0.2) is 0 Å². The molecule has 0 amide bonds. The molecule has 0 N–H and O–H groups in total. The Morgan fingerprint density at radius 3 is 1.63 bits per heavy atom. The molecule has 11 aromatic rings. The van der Waals surface area contributed by atoms with E-state index in [0.29, 0.717) is 0 Å². The molecule has 0 saturated carbocycles. The zero-order chi connectivity index (χ0) is 33.5. The second kappa shape index (κ2) is 11.3. The van der Waals surface area contributed by atoms with Crippen molar-refractivity contribution < 1.29 is 0 Å². The summed E-state index contributed by atoms with van der Waals surface area (Å²) >= 11 is 3.79. The van der Waals surface area contributed by atoms with Gasteiger partial charge in [-0.3, -0.25) is 0 Å². The van der Waals surface area contributed by atoms with E-state index in [9.17, 15) is 0 Å². The second-order valence-corrected chi connectivity index (χ2v) is 15.4. The molecule has 3 heterocycles. The fourth-order valence-corrected chi connectivity index (χ4v) is 10.4. The van der Waals surface area contributed by atoms with Gasteiger partial charge in [0.25, 0.3) is 0 Å². The molecule has 0 atom stereocenters. The first-order valence-corrected chi connectivity index (χ1v) is 19.0. The Balaban J connectivity index is 1.19. The van der Waals surface area contributed by atoms with Gasteiger partial charge in [0, 0.05) is 51.1 Å². The van der Waals surface area contributed by atoms with Crippen molar-refractivity contribution in [1.82, 2.24) is 4.57 Å². The first-order valence-electron chi connectivity index (χ1n) is 17.3. The largest absolute Gasteiger partial charge is 0.309 e. The van der Waals surface area contributed by atoms with Crippen LogP contribution in [0.4, 0.5) is 0 Å². The van der Waals surface area contributed by atoms with Gasteiger partial charge in [-0.25, -0.2) is 0 Å². The lowest BCUT2D eigenvalue weighted by molar-refractivity contribution is 1.20. The van der Waals surface area contributed by atoms with E-state index in [1.807, 2.05) is 22.7 Å². The van der Waals surface area contributed by atoms with Crippen LogP contribution in [0.25, 0.3) is 101 Å². The van der Waals surface area contributed by atoms with Crippen LogP contribution in [0.2, 0.25) is 0 Å². The highest BCUT2D eigenvalue weighted by Gasteiger charge is 2.20. The maximum atomic E-state index is 2.52.